The molecule has 0 saturated carbocycles. The number of carbonyl (C=O) groups excluding carboxylic acids is 1. The summed E-state index contributed by atoms with van der Waals surface area (Å²) in [7, 11) is 0. The highest BCUT2D eigenvalue weighted by molar-refractivity contribution is 5.71. The van der Waals surface area contributed by atoms with Crippen LogP contribution in [0.3, 0.4) is 0 Å². The Bertz CT molecular complexity index is 754. The van der Waals surface area contributed by atoms with Gasteiger partial charge in [0.05, 0.1) is 13.0 Å². The van der Waals surface area contributed by atoms with Crippen LogP contribution >= 0.6 is 0 Å². The number of nitrogens with zero attached hydrogens (tertiary/aromatic N) is 1. The van der Waals surface area contributed by atoms with Crippen LogP contribution in [0.1, 0.15) is 37.3 Å². The summed E-state index contributed by atoms with van der Waals surface area (Å²) >= 11 is 0. The fourth-order valence-electron chi connectivity index (χ4n) is 3.47. The zero-order valence-corrected chi connectivity index (χ0v) is 15.8. The summed E-state index contributed by atoms with van der Waals surface area (Å²) in [6, 6.07) is 14.5. The van der Waals surface area contributed by atoms with Crippen molar-refractivity contribution in [2.45, 2.75) is 46.1 Å². The van der Waals surface area contributed by atoms with Gasteiger partial charge in [-0.15, -0.1) is 0 Å². The third kappa shape index (κ3) is 4.18. The fourth-order valence-corrected chi connectivity index (χ4v) is 3.47. The van der Waals surface area contributed by atoms with E-state index in [1.165, 1.54) is 5.56 Å². The summed E-state index contributed by atoms with van der Waals surface area (Å²) in [5.41, 5.74) is 3.51. The summed E-state index contributed by atoms with van der Waals surface area (Å²) in [5.74, 6) is 1.60. The zero-order chi connectivity index (χ0) is 18.5. The average Bonchev–Trinajstić information content (AvgIpc) is 3.08. The van der Waals surface area contributed by atoms with Gasteiger partial charge in [0, 0.05) is 18.3 Å². The van der Waals surface area contributed by atoms with Crippen LogP contribution in [0, 0.1) is 13.8 Å². The summed E-state index contributed by atoms with van der Waals surface area (Å²) < 4.78 is 11.1. The summed E-state index contributed by atoms with van der Waals surface area (Å²) in [4.78, 5) is 14.1. The van der Waals surface area contributed by atoms with Gasteiger partial charge in [0.15, 0.2) is 0 Å². The SMILES string of the molecule is CCOC(=O)C[C@@H]1CCCN1c1ccc(Oc2cccc(C)c2C)cc1. The van der Waals surface area contributed by atoms with Crippen LogP contribution < -0.4 is 9.64 Å². The second kappa shape index (κ2) is 8.26. The molecule has 138 valence electrons. The highest BCUT2D eigenvalue weighted by Gasteiger charge is 2.27. The predicted octanol–water partition coefficient (Wildman–Crippen LogP) is 5.02. The van der Waals surface area contributed by atoms with Crippen molar-refractivity contribution in [3.8, 4) is 11.5 Å². The van der Waals surface area contributed by atoms with Gasteiger partial charge in [0.2, 0.25) is 0 Å². The molecule has 4 nitrogen and oxygen atoms in total. The molecule has 0 amide bonds. The maximum absolute atomic E-state index is 11.8. The first-order valence-corrected chi connectivity index (χ1v) is 9.35. The molecule has 0 bridgehead atoms. The minimum absolute atomic E-state index is 0.112. The van der Waals surface area contributed by atoms with Gasteiger partial charge in [-0.25, -0.2) is 0 Å². The molecule has 1 aliphatic heterocycles. The Morgan fingerprint density at radius 3 is 2.65 bits per heavy atom. The Labute approximate surface area is 155 Å². The molecule has 1 fully saturated rings. The van der Waals surface area contributed by atoms with Crippen LogP contribution in [-0.2, 0) is 9.53 Å². The second-order valence-corrected chi connectivity index (χ2v) is 6.79. The number of aryl methyl sites for hydroxylation is 1. The van der Waals surface area contributed by atoms with E-state index in [1.54, 1.807) is 0 Å². The highest BCUT2D eigenvalue weighted by Crippen LogP contribution is 2.31. The molecule has 1 saturated heterocycles. The number of benzene rings is 2. The topological polar surface area (TPSA) is 38.8 Å². The van der Waals surface area contributed by atoms with Gasteiger partial charge in [-0.2, -0.15) is 0 Å². The molecule has 0 radical (unpaired) electrons. The lowest BCUT2D eigenvalue weighted by atomic mass is 10.1. The van der Waals surface area contributed by atoms with Gasteiger partial charge >= 0.3 is 5.97 Å². The number of anilines is 1. The number of rotatable bonds is 6. The molecule has 0 spiro atoms. The van der Waals surface area contributed by atoms with Crippen LogP contribution in [0.4, 0.5) is 5.69 Å². The average molecular weight is 353 g/mol. The quantitative estimate of drug-likeness (QED) is 0.684. The van der Waals surface area contributed by atoms with E-state index >= 15 is 0 Å². The van der Waals surface area contributed by atoms with Crippen molar-refractivity contribution in [1.82, 2.24) is 0 Å². The van der Waals surface area contributed by atoms with Gasteiger partial charge in [-0.1, -0.05) is 12.1 Å². The van der Waals surface area contributed by atoms with E-state index in [4.69, 9.17) is 9.47 Å². The number of hydrogen-bond donors (Lipinski definition) is 0. The molecule has 4 heteroatoms. The van der Waals surface area contributed by atoms with Gasteiger partial charge in [0.25, 0.3) is 0 Å². The molecule has 2 aromatic carbocycles. The van der Waals surface area contributed by atoms with E-state index < -0.39 is 0 Å². The van der Waals surface area contributed by atoms with Crippen molar-refractivity contribution < 1.29 is 14.3 Å². The molecule has 1 aliphatic rings. The lowest BCUT2D eigenvalue weighted by Crippen LogP contribution is -2.31. The third-order valence-electron chi connectivity index (χ3n) is 5.04. The van der Waals surface area contributed by atoms with E-state index in [1.807, 2.05) is 31.2 Å². The van der Waals surface area contributed by atoms with E-state index in [-0.39, 0.29) is 12.0 Å². The van der Waals surface area contributed by atoms with Crippen molar-refractivity contribution in [3.63, 3.8) is 0 Å². The van der Waals surface area contributed by atoms with Crippen LogP contribution in [-0.4, -0.2) is 25.2 Å². The standard InChI is InChI=1S/C22H27NO3/c1-4-25-22(24)15-19-8-6-14-23(19)18-10-12-20(13-11-18)26-21-9-5-7-16(2)17(21)3/h5,7,9-13,19H,4,6,8,14-15H2,1-3H3/t19-/m0/s1. The van der Waals surface area contributed by atoms with Crippen LogP contribution in [0.2, 0.25) is 0 Å². The van der Waals surface area contributed by atoms with Crippen molar-refractivity contribution in [2.75, 3.05) is 18.1 Å². The van der Waals surface area contributed by atoms with E-state index in [0.29, 0.717) is 13.0 Å². The molecule has 0 aliphatic carbocycles. The maximum Gasteiger partial charge on any atom is 0.307 e. The number of carbonyl (C=O) groups is 1. The minimum atomic E-state index is -0.112. The Kier molecular flexibility index (Phi) is 5.82. The molecule has 26 heavy (non-hydrogen) atoms. The predicted molar refractivity (Wildman–Crippen MR) is 104 cm³/mol. The zero-order valence-electron chi connectivity index (χ0n) is 15.8. The van der Waals surface area contributed by atoms with Crippen molar-refractivity contribution in [2.24, 2.45) is 0 Å². The van der Waals surface area contributed by atoms with Crippen molar-refractivity contribution in [3.05, 3.63) is 53.6 Å². The highest BCUT2D eigenvalue weighted by atomic mass is 16.5. The largest absolute Gasteiger partial charge is 0.466 e. The van der Waals surface area contributed by atoms with E-state index in [2.05, 4.69) is 36.9 Å². The molecule has 0 N–H and O–H groups in total. The summed E-state index contributed by atoms with van der Waals surface area (Å²) in [6.45, 7) is 7.42. The molecule has 0 aromatic heterocycles. The minimum Gasteiger partial charge on any atom is -0.466 e. The summed E-state index contributed by atoms with van der Waals surface area (Å²) in [5, 5.41) is 0. The van der Waals surface area contributed by atoms with Gasteiger partial charge in [-0.05, 0) is 75.1 Å². The molecule has 0 unspecified atom stereocenters. The van der Waals surface area contributed by atoms with E-state index in [9.17, 15) is 4.79 Å². The molecular weight excluding hydrogens is 326 g/mol. The normalized spacial score (nSPS) is 16.6. The van der Waals surface area contributed by atoms with Crippen LogP contribution in [0.15, 0.2) is 42.5 Å². The Morgan fingerprint density at radius 1 is 1.15 bits per heavy atom. The Morgan fingerprint density at radius 2 is 1.92 bits per heavy atom. The second-order valence-electron chi connectivity index (χ2n) is 6.79. The number of hydrogen-bond acceptors (Lipinski definition) is 4. The van der Waals surface area contributed by atoms with Crippen LogP contribution in [0.5, 0.6) is 11.5 Å². The first kappa shape index (κ1) is 18.3. The van der Waals surface area contributed by atoms with Gasteiger partial charge < -0.3 is 14.4 Å². The van der Waals surface area contributed by atoms with Gasteiger partial charge in [0.1, 0.15) is 11.5 Å². The molecule has 2 aromatic rings. The van der Waals surface area contributed by atoms with Gasteiger partial charge in [-0.3, -0.25) is 4.79 Å². The monoisotopic (exact) mass is 353 g/mol. The fraction of sp³-hybridized carbons (Fsp3) is 0.409. The lowest BCUT2D eigenvalue weighted by molar-refractivity contribution is -0.143. The van der Waals surface area contributed by atoms with E-state index in [0.717, 1.165) is 42.1 Å². The summed E-state index contributed by atoms with van der Waals surface area (Å²) in [6.07, 6.45) is 2.58. The number of ether oxygens (including phenoxy) is 2. The number of esters is 1. The Hall–Kier alpha value is -2.49. The lowest BCUT2D eigenvalue weighted by Gasteiger charge is -2.26. The van der Waals surface area contributed by atoms with Crippen molar-refractivity contribution in [1.29, 1.82) is 0 Å². The maximum atomic E-state index is 11.8. The Balaban J connectivity index is 1.68. The molecule has 1 atom stereocenters. The molecule has 1 heterocycles. The first-order valence-electron chi connectivity index (χ1n) is 9.35. The van der Waals surface area contributed by atoms with Crippen LogP contribution in [0.25, 0.3) is 0 Å². The third-order valence-corrected chi connectivity index (χ3v) is 5.04. The smallest absolute Gasteiger partial charge is 0.307 e. The molecular formula is C22H27NO3. The molecule has 3 rings (SSSR count). The first-order chi connectivity index (χ1) is 12.6. The van der Waals surface area contributed by atoms with Crippen molar-refractivity contribution >= 4 is 11.7 Å².